The molecule has 0 bridgehead atoms. The highest BCUT2D eigenvalue weighted by Gasteiger charge is 1.99. The molecule has 0 fully saturated rings. The number of nitrogens with zero attached hydrogens (tertiary/aromatic N) is 3. The SMILES string of the molecule is CCNC(=NCc1ccc(C#N)cc1)NCCc1ccc(Cl)nc1. The number of nitrogens with one attached hydrogen (secondary N) is 2. The second-order valence-corrected chi connectivity index (χ2v) is 5.56. The normalized spacial score (nSPS) is 11.0. The van der Waals surface area contributed by atoms with Gasteiger partial charge in [-0.2, -0.15) is 5.26 Å². The first-order chi connectivity index (χ1) is 11.7. The largest absolute Gasteiger partial charge is 0.357 e. The van der Waals surface area contributed by atoms with Gasteiger partial charge >= 0.3 is 0 Å². The average molecular weight is 342 g/mol. The van der Waals surface area contributed by atoms with E-state index in [1.807, 2.05) is 25.1 Å². The van der Waals surface area contributed by atoms with Crippen LogP contribution in [0.2, 0.25) is 5.15 Å². The maximum atomic E-state index is 8.81. The van der Waals surface area contributed by atoms with Crippen molar-refractivity contribution in [2.75, 3.05) is 13.1 Å². The van der Waals surface area contributed by atoms with Gasteiger partial charge in [0.2, 0.25) is 0 Å². The number of pyridine rings is 1. The smallest absolute Gasteiger partial charge is 0.191 e. The summed E-state index contributed by atoms with van der Waals surface area (Å²) in [7, 11) is 0. The van der Waals surface area contributed by atoms with Crippen LogP contribution >= 0.6 is 11.6 Å². The number of halogens is 1. The molecule has 1 aromatic carbocycles. The number of aromatic nitrogens is 1. The summed E-state index contributed by atoms with van der Waals surface area (Å²) in [6.45, 7) is 4.13. The Labute approximate surface area is 147 Å². The highest BCUT2D eigenvalue weighted by atomic mass is 35.5. The summed E-state index contributed by atoms with van der Waals surface area (Å²) in [4.78, 5) is 8.63. The Kier molecular flexibility index (Phi) is 7.06. The summed E-state index contributed by atoms with van der Waals surface area (Å²) in [5.41, 5.74) is 2.84. The van der Waals surface area contributed by atoms with Crippen molar-refractivity contribution in [1.82, 2.24) is 15.6 Å². The molecule has 1 aromatic heterocycles. The predicted molar refractivity (Wildman–Crippen MR) is 96.9 cm³/mol. The van der Waals surface area contributed by atoms with Crippen molar-refractivity contribution >= 4 is 17.6 Å². The minimum absolute atomic E-state index is 0.504. The molecule has 24 heavy (non-hydrogen) atoms. The highest BCUT2D eigenvalue weighted by molar-refractivity contribution is 6.29. The minimum atomic E-state index is 0.504. The van der Waals surface area contributed by atoms with E-state index in [4.69, 9.17) is 16.9 Å². The Morgan fingerprint density at radius 1 is 1.17 bits per heavy atom. The van der Waals surface area contributed by atoms with Gasteiger partial charge in [-0.3, -0.25) is 0 Å². The minimum Gasteiger partial charge on any atom is -0.357 e. The highest BCUT2D eigenvalue weighted by Crippen LogP contribution is 2.06. The van der Waals surface area contributed by atoms with Crippen molar-refractivity contribution < 1.29 is 0 Å². The van der Waals surface area contributed by atoms with Crippen LogP contribution in [0.3, 0.4) is 0 Å². The second-order valence-electron chi connectivity index (χ2n) is 5.17. The van der Waals surface area contributed by atoms with Gasteiger partial charge in [-0.15, -0.1) is 0 Å². The molecule has 0 aliphatic rings. The number of aliphatic imine (C=N–C) groups is 1. The van der Waals surface area contributed by atoms with Crippen LogP contribution in [0.4, 0.5) is 0 Å². The molecule has 0 radical (unpaired) electrons. The van der Waals surface area contributed by atoms with E-state index >= 15 is 0 Å². The van der Waals surface area contributed by atoms with Gasteiger partial charge in [0, 0.05) is 19.3 Å². The van der Waals surface area contributed by atoms with Gasteiger partial charge in [-0.25, -0.2) is 9.98 Å². The fourth-order valence-electron chi connectivity index (χ4n) is 2.08. The van der Waals surface area contributed by atoms with Crippen molar-refractivity contribution in [2.24, 2.45) is 4.99 Å². The summed E-state index contributed by atoms with van der Waals surface area (Å²) < 4.78 is 0. The van der Waals surface area contributed by atoms with Crippen molar-refractivity contribution in [3.05, 3.63) is 64.4 Å². The fraction of sp³-hybridized carbons (Fsp3) is 0.278. The zero-order valence-corrected chi connectivity index (χ0v) is 14.3. The van der Waals surface area contributed by atoms with Crippen molar-refractivity contribution in [3.63, 3.8) is 0 Å². The van der Waals surface area contributed by atoms with Gasteiger partial charge in [0.25, 0.3) is 0 Å². The zero-order valence-electron chi connectivity index (χ0n) is 13.6. The molecule has 0 aliphatic heterocycles. The van der Waals surface area contributed by atoms with Gasteiger partial charge < -0.3 is 10.6 Å². The number of hydrogen-bond donors (Lipinski definition) is 2. The molecule has 2 N–H and O–H groups in total. The van der Waals surface area contributed by atoms with Crippen molar-refractivity contribution in [2.45, 2.75) is 19.9 Å². The summed E-state index contributed by atoms with van der Waals surface area (Å²) >= 11 is 5.78. The van der Waals surface area contributed by atoms with E-state index in [0.29, 0.717) is 17.3 Å². The lowest BCUT2D eigenvalue weighted by Crippen LogP contribution is -2.38. The Hall–Kier alpha value is -2.58. The van der Waals surface area contributed by atoms with Gasteiger partial charge in [0.15, 0.2) is 5.96 Å². The molecule has 0 atom stereocenters. The molecule has 0 saturated carbocycles. The Balaban J connectivity index is 1.87. The van der Waals surface area contributed by atoms with E-state index in [-0.39, 0.29) is 0 Å². The lowest BCUT2D eigenvalue weighted by atomic mass is 10.1. The number of benzene rings is 1. The lowest BCUT2D eigenvalue weighted by molar-refractivity contribution is 0.798. The van der Waals surface area contributed by atoms with Crippen LogP contribution in [0.1, 0.15) is 23.6 Å². The summed E-state index contributed by atoms with van der Waals surface area (Å²) in [6.07, 6.45) is 2.62. The maximum Gasteiger partial charge on any atom is 0.191 e. The third kappa shape index (κ3) is 5.90. The second kappa shape index (κ2) is 9.53. The van der Waals surface area contributed by atoms with Crippen LogP contribution in [-0.4, -0.2) is 24.0 Å². The summed E-state index contributed by atoms with van der Waals surface area (Å²) in [6, 6.07) is 13.3. The Morgan fingerprint density at radius 3 is 2.54 bits per heavy atom. The molecule has 0 unspecified atom stereocenters. The van der Waals surface area contributed by atoms with Crippen molar-refractivity contribution in [1.29, 1.82) is 5.26 Å². The van der Waals surface area contributed by atoms with E-state index < -0.39 is 0 Å². The third-order valence-electron chi connectivity index (χ3n) is 3.34. The molecule has 0 amide bonds. The van der Waals surface area contributed by atoms with Gasteiger partial charge in [-0.05, 0) is 42.7 Å². The van der Waals surface area contributed by atoms with Crippen LogP contribution < -0.4 is 10.6 Å². The molecule has 0 saturated heterocycles. The number of hydrogen-bond acceptors (Lipinski definition) is 3. The number of nitriles is 1. The summed E-state index contributed by atoms with van der Waals surface area (Å²) in [5.74, 6) is 0.767. The molecule has 0 spiro atoms. The Bertz CT molecular complexity index is 702. The summed E-state index contributed by atoms with van der Waals surface area (Å²) in [5, 5.41) is 15.8. The first-order valence-corrected chi connectivity index (χ1v) is 8.20. The number of rotatable bonds is 6. The van der Waals surface area contributed by atoms with Gasteiger partial charge in [0.1, 0.15) is 5.15 Å². The van der Waals surface area contributed by atoms with E-state index in [1.54, 1.807) is 24.4 Å². The predicted octanol–water partition coefficient (Wildman–Crippen LogP) is 2.90. The molecule has 2 aromatic rings. The monoisotopic (exact) mass is 341 g/mol. The van der Waals surface area contributed by atoms with E-state index in [0.717, 1.165) is 36.6 Å². The average Bonchev–Trinajstić information content (AvgIpc) is 2.62. The van der Waals surface area contributed by atoms with Crippen LogP contribution in [0.5, 0.6) is 0 Å². The molecule has 1 heterocycles. The first kappa shape index (κ1) is 17.8. The number of guanidine groups is 1. The molecule has 124 valence electrons. The maximum absolute atomic E-state index is 8.81. The van der Waals surface area contributed by atoms with Gasteiger partial charge in [0.05, 0.1) is 18.2 Å². The van der Waals surface area contributed by atoms with Gasteiger partial charge in [-0.1, -0.05) is 29.8 Å². The molecular weight excluding hydrogens is 322 g/mol. The van der Waals surface area contributed by atoms with Crippen molar-refractivity contribution in [3.8, 4) is 6.07 Å². The zero-order chi connectivity index (χ0) is 17.2. The molecule has 0 aliphatic carbocycles. The van der Waals surface area contributed by atoms with Crippen LogP contribution in [0.15, 0.2) is 47.6 Å². The molecule has 5 nitrogen and oxygen atoms in total. The molecule has 6 heteroatoms. The van der Waals surface area contributed by atoms with E-state index in [1.165, 1.54) is 0 Å². The Morgan fingerprint density at radius 2 is 1.92 bits per heavy atom. The molecular formula is C18H20ClN5. The topological polar surface area (TPSA) is 73.1 Å². The van der Waals surface area contributed by atoms with E-state index in [9.17, 15) is 0 Å². The van der Waals surface area contributed by atoms with Crippen LogP contribution in [-0.2, 0) is 13.0 Å². The quantitative estimate of drug-likeness (QED) is 0.481. The third-order valence-corrected chi connectivity index (χ3v) is 3.57. The molecule has 2 rings (SSSR count). The van der Waals surface area contributed by atoms with Crippen LogP contribution in [0, 0.1) is 11.3 Å². The standard InChI is InChI=1S/C18H20ClN5/c1-2-21-18(22-10-9-16-7-8-17(19)23-12-16)24-13-15-5-3-14(11-20)4-6-15/h3-8,12H,2,9-10,13H2,1H3,(H2,21,22,24). The first-order valence-electron chi connectivity index (χ1n) is 7.83. The van der Waals surface area contributed by atoms with Crippen LogP contribution in [0.25, 0.3) is 0 Å². The lowest BCUT2D eigenvalue weighted by Gasteiger charge is -2.11. The van der Waals surface area contributed by atoms with E-state index in [2.05, 4.69) is 26.7 Å². The fourth-order valence-corrected chi connectivity index (χ4v) is 2.19.